The third-order valence-electron chi connectivity index (χ3n) is 4.42. The van der Waals surface area contributed by atoms with Crippen LogP contribution in [0.15, 0.2) is 61.2 Å². The molecule has 0 aliphatic rings. The van der Waals surface area contributed by atoms with Gasteiger partial charge in [-0.1, -0.05) is 53.5 Å². The van der Waals surface area contributed by atoms with Crippen LogP contribution in [0.5, 0.6) is 0 Å². The molecular formula is C21H23Cl2NO2. The summed E-state index contributed by atoms with van der Waals surface area (Å²) >= 11 is 12.2. The molecule has 0 aromatic heterocycles. The van der Waals surface area contributed by atoms with Gasteiger partial charge in [0, 0.05) is 6.54 Å². The van der Waals surface area contributed by atoms with Crippen LogP contribution in [0.2, 0.25) is 10.0 Å². The molecule has 0 spiro atoms. The van der Waals surface area contributed by atoms with E-state index in [0.29, 0.717) is 28.6 Å². The molecule has 2 aromatic carbocycles. The zero-order chi connectivity index (χ0) is 19.2. The molecule has 2 aromatic rings. The van der Waals surface area contributed by atoms with Gasteiger partial charge in [-0.05, 0) is 50.2 Å². The second-order valence-electron chi connectivity index (χ2n) is 6.53. The molecule has 0 amide bonds. The smallest absolute Gasteiger partial charge is 0.338 e. The minimum absolute atomic E-state index is 0.241. The van der Waals surface area contributed by atoms with Gasteiger partial charge in [0.25, 0.3) is 0 Å². The van der Waals surface area contributed by atoms with Gasteiger partial charge >= 0.3 is 5.97 Å². The number of benzene rings is 2. The molecule has 0 aliphatic heterocycles. The Bertz CT molecular complexity index is 764. The normalized spacial score (nSPS) is 13.3. The number of hydrogen-bond donors (Lipinski definition) is 0. The van der Waals surface area contributed by atoms with E-state index in [9.17, 15) is 4.79 Å². The van der Waals surface area contributed by atoms with Crippen molar-refractivity contribution < 1.29 is 9.53 Å². The lowest BCUT2D eigenvalue weighted by Crippen LogP contribution is -2.50. The number of nitrogens with zero attached hydrogens (tertiary/aromatic N) is 1. The highest BCUT2D eigenvalue weighted by Crippen LogP contribution is 2.27. The highest BCUT2D eigenvalue weighted by atomic mass is 35.5. The van der Waals surface area contributed by atoms with Crippen LogP contribution < -0.4 is 0 Å². The highest BCUT2D eigenvalue weighted by molar-refractivity contribution is 6.42. The summed E-state index contributed by atoms with van der Waals surface area (Å²) in [4.78, 5) is 14.4. The number of carbonyl (C=O) groups excluding carboxylic acids is 1. The van der Waals surface area contributed by atoms with Gasteiger partial charge in [-0.3, -0.25) is 4.90 Å². The molecule has 26 heavy (non-hydrogen) atoms. The molecule has 0 bridgehead atoms. The van der Waals surface area contributed by atoms with Gasteiger partial charge in [-0.2, -0.15) is 0 Å². The molecule has 5 heteroatoms. The van der Waals surface area contributed by atoms with E-state index in [2.05, 4.69) is 18.4 Å². The van der Waals surface area contributed by atoms with Gasteiger partial charge < -0.3 is 4.74 Å². The molecule has 0 saturated carbocycles. The predicted molar refractivity (Wildman–Crippen MR) is 108 cm³/mol. The standard InChI is InChI=1S/C21H23Cl2NO2/c1-4-12-24(3)21(2,14-16-10-11-18(22)19(23)13-16)15-26-20(25)17-8-6-5-7-9-17/h4-11,13H,1,12,14-15H2,2-3H3/t21-/m1/s1. The first-order valence-electron chi connectivity index (χ1n) is 8.34. The molecule has 0 aliphatic carbocycles. The Balaban J connectivity index is 2.17. The molecule has 0 fully saturated rings. The number of ether oxygens (including phenoxy) is 1. The zero-order valence-electron chi connectivity index (χ0n) is 15.0. The van der Waals surface area contributed by atoms with E-state index in [4.69, 9.17) is 27.9 Å². The second-order valence-corrected chi connectivity index (χ2v) is 7.35. The SMILES string of the molecule is C=CCN(C)[C@@](C)(COC(=O)c1ccccc1)Cc1ccc(Cl)c(Cl)c1. The predicted octanol–water partition coefficient (Wildman–Crippen LogP) is 5.27. The Kier molecular flexibility index (Phi) is 7.27. The Morgan fingerprint density at radius 2 is 1.88 bits per heavy atom. The van der Waals surface area contributed by atoms with Gasteiger partial charge in [-0.15, -0.1) is 6.58 Å². The number of likely N-dealkylation sites (N-methyl/N-ethyl adjacent to an activating group) is 1. The quantitative estimate of drug-likeness (QED) is 0.453. The third-order valence-corrected chi connectivity index (χ3v) is 5.16. The van der Waals surface area contributed by atoms with Gasteiger partial charge in [0.05, 0.1) is 21.1 Å². The fourth-order valence-corrected chi connectivity index (χ4v) is 3.00. The molecule has 3 nitrogen and oxygen atoms in total. The van der Waals surface area contributed by atoms with Gasteiger partial charge in [0.15, 0.2) is 0 Å². The van der Waals surface area contributed by atoms with Crippen molar-refractivity contribution in [3.63, 3.8) is 0 Å². The number of rotatable bonds is 8. The minimum Gasteiger partial charge on any atom is -0.460 e. The van der Waals surface area contributed by atoms with Gasteiger partial charge in [0.2, 0.25) is 0 Å². The average Bonchev–Trinajstić information content (AvgIpc) is 2.64. The largest absolute Gasteiger partial charge is 0.460 e. The van der Waals surface area contributed by atoms with E-state index in [-0.39, 0.29) is 12.6 Å². The number of hydrogen-bond acceptors (Lipinski definition) is 3. The lowest BCUT2D eigenvalue weighted by molar-refractivity contribution is 0.0172. The summed E-state index contributed by atoms with van der Waals surface area (Å²) in [6.07, 6.45) is 2.47. The lowest BCUT2D eigenvalue weighted by atomic mass is 9.92. The van der Waals surface area contributed by atoms with E-state index in [1.807, 2.05) is 43.5 Å². The van der Waals surface area contributed by atoms with Crippen LogP contribution >= 0.6 is 23.2 Å². The van der Waals surface area contributed by atoms with Crippen LogP contribution in [0.25, 0.3) is 0 Å². The van der Waals surface area contributed by atoms with Crippen molar-refractivity contribution in [1.29, 1.82) is 0 Å². The van der Waals surface area contributed by atoms with Crippen LogP contribution in [0, 0.1) is 0 Å². The zero-order valence-corrected chi connectivity index (χ0v) is 16.6. The third kappa shape index (κ3) is 5.34. The van der Waals surface area contributed by atoms with Crippen LogP contribution in [-0.2, 0) is 11.2 Å². The summed E-state index contributed by atoms with van der Waals surface area (Å²) < 4.78 is 5.61. The van der Waals surface area contributed by atoms with Gasteiger partial charge in [0.1, 0.15) is 6.61 Å². The van der Waals surface area contributed by atoms with Crippen molar-refractivity contribution in [2.24, 2.45) is 0 Å². The lowest BCUT2D eigenvalue weighted by Gasteiger charge is -2.38. The average molecular weight is 392 g/mol. The molecular weight excluding hydrogens is 369 g/mol. The summed E-state index contributed by atoms with van der Waals surface area (Å²) in [6.45, 7) is 6.76. The minimum atomic E-state index is -0.421. The monoisotopic (exact) mass is 391 g/mol. The number of carbonyl (C=O) groups is 1. The Labute approximate surface area is 165 Å². The fourth-order valence-electron chi connectivity index (χ4n) is 2.68. The number of esters is 1. The van der Waals surface area contributed by atoms with E-state index in [0.717, 1.165) is 5.56 Å². The molecule has 0 N–H and O–H groups in total. The first kappa shape index (κ1) is 20.5. The summed E-state index contributed by atoms with van der Waals surface area (Å²) in [5.41, 5.74) is 1.14. The molecule has 1 atom stereocenters. The van der Waals surface area contributed by atoms with E-state index in [1.165, 1.54) is 0 Å². The maximum absolute atomic E-state index is 12.3. The molecule has 0 saturated heterocycles. The van der Waals surface area contributed by atoms with Crippen molar-refractivity contribution in [3.8, 4) is 0 Å². The van der Waals surface area contributed by atoms with Crippen LogP contribution in [0.4, 0.5) is 0 Å². The summed E-state index contributed by atoms with van der Waals surface area (Å²) in [5.74, 6) is -0.335. The van der Waals surface area contributed by atoms with Crippen LogP contribution in [-0.4, -0.2) is 36.6 Å². The molecule has 0 radical (unpaired) electrons. The first-order chi connectivity index (χ1) is 12.4. The molecule has 0 heterocycles. The molecule has 0 unspecified atom stereocenters. The highest BCUT2D eigenvalue weighted by Gasteiger charge is 2.31. The van der Waals surface area contributed by atoms with Crippen molar-refractivity contribution in [1.82, 2.24) is 4.90 Å². The van der Waals surface area contributed by atoms with Crippen molar-refractivity contribution in [3.05, 3.63) is 82.4 Å². The van der Waals surface area contributed by atoms with E-state index < -0.39 is 5.54 Å². The van der Waals surface area contributed by atoms with Crippen LogP contribution in [0.3, 0.4) is 0 Å². The Morgan fingerprint density at radius 3 is 2.50 bits per heavy atom. The van der Waals surface area contributed by atoms with Crippen molar-refractivity contribution in [2.75, 3.05) is 20.2 Å². The number of halogens is 2. The maximum Gasteiger partial charge on any atom is 0.338 e. The molecule has 2 rings (SSSR count). The van der Waals surface area contributed by atoms with Crippen LogP contribution in [0.1, 0.15) is 22.8 Å². The summed E-state index contributed by atoms with van der Waals surface area (Å²) in [7, 11) is 1.98. The van der Waals surface area contributed by atoms with E-state index in [1.54, 1.807) is 18.2 Å². The second kappa shape index (κ2) is 9.22. The maximum atomic E-state index is 12.3. The molecule has 138 valence electrons. The summed E-state index contributed by atoms with van der Waals surface area (Å²) in [6, 6.07) is 14.5. The van der Waals surface area contributed by atoms with Crippen molar-refractivity contribution in [2.45, 2.75) is 18.9 Å². The van der Waals surface area contributed by atoms with E-state index >= 15 is 0 Å². The Hall–Kier alpha value is -1.81. The topological polar surface area (TPSA) is 29.5 Å². The fraction of sp³-hybridized carbons (Fsp3) is 0.286. The van der Waals surface area contributed by atoms with Gasteiger partial charge in [-0.25, -0.2) is 4.79 Å². The van der Waals surface area contributed by atoms with Crippen molar-refractivity contribution >= 4 is 29.2 Å². The Morgan fingerprint density at radius 1 is 1.19 bits per heavy atom. The first-order valence-corrected chi connectivity index (χ1v) is 9.09. The summed E-state index contributed by atoms with van der Waals surface area (Å²) in [5, 5.41) is 1.03.